The first-order valence-electron chi connectivity index (χ1n) is 13.2. The summed E-state index contributed by atoms with van der Waals surface area (Å²) in [6.07, 6.45) is 5.87. The third-order valence-corrected chi connectivity index (χ3v) is 8.96. The van der Waals surface area contributed by atoms with Gasteiger partial charge >= 0.3 is 11.9 Å². The van der Waals surface area contributed by atoms with E-state index in [9.17, 15) is 24.3 Å². The van der Waals surface area contributed by atoms with Gasteiger partial charge in [0.15, 0.2) is 0 Å². The molecule has 0 unspecified atom stereocenters. The maximum absolute atomic E-state index is 13.6. The van der Waals surface area contributed by atoms with Gasteiger partial charge in [-0.2, -0.15) is 0 Å². The van der Waals surface area contributed by atoms with Crippen molar-refractivity contribution in [2.45, 2.75) is 97.6 Å². The smallest absolute Gasteiger partial charge is 0.349 e. The zero-order chi connectivity index (χ0) is 29.2. The van der Waals surface area contributed by atoms with Crippen LogP contribution in [0.1, 0.15) is 77.9 Å². The molecular formula is C29H39NO8S. The van der Waals surface area contributed by atoms with Crippen molar-refractivity contribution in [2.24, 2.45) is 17.3 Å². The maximum Gasteiger partial charge on any atom is 0.349 e. The summed E-state index contributed by atoms with van der Waals surface area (Å²) in [7, 11) is 0. The largest absolute Gasteiger partial charge is 0.478 e. The first kappa shape index (κ1) is 30.7. The molecule has 1 fully saturated rings. The Bertz CT molecular complexity index is 1170. The second kappa shape index (κ2) is 11.7. The molecule has 39 heavy (non-hydrogen) atoms. The summed E-state index contributed by atoms with van der Waals surface area (Å²) in [5.41, 5.74) is -2.12. The number of aryl methyl sites for hydroxylation is 1. The van der Waals surface area contributed by atoms with E-state index in [2.05, 4.69) is 4.98 Å². The zero-order valence-corrected chi connectivity index (χ0v) is 24.5. The molecule has 3 heterocycles. The topological polar surface area (TPSA) is 132 Å². The van der Waals surface area contributed by atoms with Gasteiger partial charge in [0.1, 0.15) is 11.9 Å². The van der Waals surface area contributed by atoms with Crippen molar-refractivity contribution in [3.8, 4) is 0 Å². The van der Waals surface area contributed by atoms with Crippen molar-refractivity contribution in [1.29, 1.82) is 0 Å². The Labute approximate surface area is 233 Å². The molecule has 0 aliphatic carbocycles. The average Bonchev–Trinajstić information content (AvgIpc) is 3.30. The highest BCUT2D eigenvalue weighted by molar-refractivity contribution is 7.09. The molecule has 2 aliphatic rings. The number of aromatic nitrogens is 1. The fourth-order valence-corrected chi connectivity index (χ4v) is 6.11. The van der Waals surface area contributed by atoms with Crippen molar-refractivity contribution >= 4 is 41.6 Å². The number of allylic oxidation sites excluding steroid dienone is 1. The molecule has 1 aromatic rings. The minimum Gasteiger partial charge on any atom is -0.478 e. The number of Topliss-reactive ketones (excluding diaryl/α,β-unsaturated/α-hetero) is 1. The molecule has 0 radical (unpaired) electrons. The number of epoxide rings is 1. The summed E-state index contributed by atoms with van der Waals surface area (Å²) in [5.74, 6) is -4.32. The number of carboxylic acid groups (broad SMARTS) is 1. The summed E-state index contributed by atoms with van der Waals surface area (Å²) < 4.78 is 17.1. The lowest BCUT2D eigenvalue weighted by Gasteiger charge is -2.39. The third kappa shape index (κ3) is 6.66. The molecule has 214 valence electrons. The quantitative estimate of drug-likeness (QED) is 0.302. The van der Waals surface area contributed by atoms with Crippen molar-refractivity contribution in [2.75, 3.05) is 0 Å². The molecule has 0 bridgehead atoms. The molecule has 0 aromatic carbocycles. The van der Waals surface area contributed by atoms with E-state index in [4.69, 9.17) is 14.2 Å². The van der Waals surface area contributed by atoms with Gasteiger partial charge in [-0.25, -0.2) is 14.6 Å². The number of hydrogen-bond donors (Lipinski definition) is 1. The SMILES string of the molecule is CC(=Cc1csc(C)n1)[C@H]1C[C@@H]2O[C@@]2(C)CCC[C@@H](C)[C@@](OC=O)(C(=O)O)[C@H](C)C(=O)C(C)(C)C=CC(=O)O1. The number of rotatable bonds is 5. The van der Waals surface area contributed by atoms with E-state index >= 15 is 0 Å². The predicted octanol–water partition coefficient (Wildman–Crippen LogP) is 4.92. The number of esters is 1. The number of carbonyl (C=O) groups is 4. The van der Waals surface area contributed by atoms with Gasteiger partial charge in [0.25, 0.3) is 6.47 Å². The van der Waals surface area contributed by atoms with Crippen LogP contribution in [0.5, 0.6) is 0 Å². The number of carboxylic acids is 1. The lowest BCUT2D eigenvalue weighted by Crippen LogP contribution is -2.56. The zero-order valence-electron chi connectivity index (χ0n) is 23.7. The van der Waals surface area contributed by atoms with Crippen molar-refractivity contribution in [3.63, 3.8) is 0 Å². The van der Waals surface area contributed by atoms with Crippen LogP contribution in [0.25, 0.3) is 6.08 Å². The Morgan fingerprint density at radius 2 is 1.95 bits per heavy atom. The lowest BCUT2D eigenvalue weighted by atomic mass is 9.68. The Hall–Kier alpha value is -2.85. The molecular weight excluding hydrogens is 522 g/mol. The van der Waals surface area contributed by atoms with E-state index in [0.717, 1.165) is 16.3 Å². The summed E-state index contributed by atoms with van der Waals surface area (Å²) in [6.45, 7) is 12.2. The van der Waals surface area contributed by atoms with Gasteiger partial charge in [0.2, 0.25) is 5.60 Å². The second-order valence-electron chi connectivity index (χ2n) is 11.5. The van der Waals surface area contributed by atoms with Gasteiger partial charge in [-0.1, -0.05) is 26.3 Å². The van der Waals surface area contributed by atoms with E-state index in [1.165, 1.54) is 30.4 Å². The van der Waals surface area contributed by atoms with Crippen LogP contribution < -0.4 is 0 Å². The highest BCUT2D eigenvalue weighted by atomic mass is 32.1. The molecule has 0 spiro atoms. The minimum absolute atomic E-state index is 0.0945. The summed E-state index contributed by atoms with van der Waals surface area (Å²) in [5, 5.41) is 13.1. The monoisotopic (exact) mass is 561 g/mol. The van der Waals surface area contributed by atoms with Crippen LogP contribution in [-0.4, -0.2) is 57.7 Å². The molecule has 0 amide bonds. The van der Waals surface area contributed by atoms with Gasteiger partial charge in [-0.15, -0.1) is 11.3 Å². The van der Waals surface area contributed by atoms with Gasteiger partial charge in [-0.3, -0.25) is 9.59 Å². The Balaban J connectivity index is 1.97. The molecule has 1 saturated heterocycles. The summed E-state index contributed by atoms with van der Waals surface area (Å²) in [6, 6.07) is 0. The standard InChI is InChI=1S/C29H39NO8S/c1-17(13-21-15-39-20(4)30-21)22-14-23-28(7,38-23)11-8-9-18(2)29(26(34)35,36-16-31)19(3)25(33)27(5,6)12-10-24(32)37-22/h10,12-13,15-16,18-19,22-23H,8-9,11,14H2,1-7H3,(H,34,35)/t18-,19-,22-,23+,28+,29+/m1/s1. The Morgan fingerprint density at radius 3 is 2.54 bits per heavy atom. The van der Waals surface area contributed by atoms with Crippen LogP contribution in [0, 0.1) is 24.2 Å². The first-order chi connectivity index (χ1) is 18.2. The summed E-state index contributed by atoms with van der Waals surface area (Å²) >= 11 is 1.54. The highest BCUT2D eigenvalue weighted by Gasteiger charge is 2.56. The fourth-order valence-electron chi connectivity index (χ4n) is 5.54. The number of aliphatic carboxylic acids is 1. The van der Waals surface area contributed by atoms with E-state index < -0.39 is 52.3 Å². The molecule has 10 heteroatoms. The molecule has 3 rings (SSSR count). The van der Waals surface area contributed by atoms with Gasteiger partial charge in [0.05, 0.1) is 28.3 Å². The van der Waals surface area contributed by atoms with Crippen molar-refractivity contribution in [3.05, 3.63) is 33.8 Å². The average molecular weight is 562 g/mol. The fraction of sp³-hybridized carbons (Fsp3) is 0.621. The lowest BCUT2D eigenvalue weighted by molar-refractivity contribution is -0.188. The number of hydrogen-bond acceptors (Lipinski definition) is 9. The number of fused-ring (bicyclic) bond motifs is 1. The maximum atomic E-state index is 13.6. The minimum atomic E-state index is -2.05. The normalized spacial score (nSPS) is 34.1. The first-order valence-corrected chi connectivity index (χ1v) is 14.1. The molecule has 0 saturated carbocycles. The molecule has 9 nitrogen and oxygen atoms in total. The number of carbonyl (C=O) groups excluding carboxylic acids is 3. The molecule has 1 aromatic heterocycles. The number of ether oxygens (including phenoxy) is 3. The van der Waals surface area contributed by atoms with Gasteiger partial charge in [-0.05, 0) is 59.1 Å². The third-order valence-electron chi connectivity index (χ3n) is 8.17. The molecule has 1 N–H and O–H groups in total. The van der Waals surface area contributed by atoms with E-state index in [1.54, 1.807) is 20.8 Å². The van der Waals surface area contributed by atoms with Crippen LogP contribution in [0.2, 0.25) is 0 Å². The van der Waals surface area contributed by atoms with Crippen molar-refractivity contribution < 1.29 is 38.5 Å². The number of thiazole rings is 1. The van der Waals surface area contributed by atoms with Gasteiger partial charge < -0.3 is 19.3 Å². The molecule has 6 atom stereocenters. The Kier molecular flexibility index (Phi) is 9.22. The van der Waals surface area contributed by atoms with Crippen molar-refractivity contribution in [1.82, 2.24) is 4.98 Å². The Morgan fingerprint density at radius 1 is 1.26 bits per heavy atom. The highest BCUT2D eigenvalue weighted by Crippen LogP contribution is 2.46. The summed E-state index contributed by atoms with van der Waals surface area (Å²) in [4.78, 5) is 55.0. The van der Waals surface area contributed by atoms with Crippen LogP contribution >= 0.6 is 11.3 Å². The second-order valence-corrected chi connectivity index (χ2v) is 12.6. The van der Waals surface area contributed by atoms with Crippen LogP contribution in [0.3, 0.4) is 0 Å². The van der Waals surface area contributed by atoms with E-state index in [1.807, 2.05) is 32.2 Å². The number of nitrogens with zero attached hydrogens (tertiary/aromatic N) is 1. The van der Waals surface area contributed by atoms with Crippen LogP contribution in [0.15, 0.2) is 23.1 Å². The predicted molar refractivity (Wildman–Crippen MR) is 146 cm³/mol. The molecule has 2 aliphatic heterocycles. The number of ketones is 1. The van der Waals surface area contributed by atoms with Gasteiger partial charge in [0, 0.05) is 29.2 Å². The van der Waals surface area contributed by atoms with E-state index in [-0.39, 0.29) is 12.6 Å². The van der Waals surface area contributed by atoms with E-state index in [0.29, 0.717) is 25.7 Å². The number of cyclic esters (lactones) is 1. The van der Waals surface area contributed by atoms with Crippen LogP contribution in [0.4, 0.5) is 0 Å². The van der Waals surface area contributed by atoms with Crippen LogP contribution in [-0.2, 0) is 33.4 Å².